The number of hydrogen-bond donors (Lipinski definition) is 1. The van der Waals surface area contributed by atoms with Crippen LogP contribution in [0, 0.1) is 5.92 Å². The standard InChI is InChI=1S/C6H10O/c1-3-6(7)4-5(6)2/h3,5,7H,1,4H2,2H3. The molecule has 0 radical (unpaired) electrons. The molecule has 7 heavy (non-hydrogen) atoms. The van der Waals surface area contributed by atoms with Crippen molar-refractivity contribution in [2.24, 2.45) is 5.92 Å². The lowest BCUT2D eigenvalue weighted by Gasteiger charge is -1.95. The van der Waals surface area contributed by atoms with E-state index >= 15 is 0 Å². The molecule has 1 rings (SSSR count). The smallest absolute Gasteiger partial charge is 0.0855 e. The van der Waals surface area contributed by atoms with Gasteiger partial charge in [-0.25, -0.2) is 0 Å². The van der Waals surface area contributed by atoms with Crippen LogP contribution in [0.15, 0.2) is 12.7 Å². The summed E-state index contributed by atoms with van der Waals surface area (Å²) in [5.41, 5.74) is -0.486. The van der Waals surface area contributed by atoms with Crippen molar-refractivity contribution in [3.8, 4) is 0 Å². The monoisotopic (exact) mass is 98.1 g/mol. The highest BCUT2D eigenvalue weighted by Crippen LogP contribution is 2.43. The second-order valence-electron chi connectivity index (χ2n) is 2.30. The fourth-order valence-corrected chi connectivity index (χ4v) is 0.716. The highest BCUT2D eigenvalue weighted by atomic mass is 16.3. The lowest BCUT2D eigenvalue weighted by atomic mass is 10.3. The molecule has 1 N–H and O–H groups in total. The fraction of sp³-hybridized carbons (Fsp3) is 0.667. The quantitative estimate of drug-likeness (QED) is 0.484. The zero-order valence-corrected chi connectivity index (χ0v) is 4.52. The first-order chi connectivity index (χ1) is 3.19. The molecule has 1 nitrogen and oxygen atoms in total. The van der Waals surface area contributed by atoms with Gasteiger partial charge in [-0.05, 0) is 12.3 Å². The molecule has 1 saturated carbocycles. The lowest BCUT2D eigenvalue weighted by molar-refractivity contribution is 0.186. The van der Waals surface area contributed by atoms with Gasteiger partial charge in [0.1, 0.15) is 0 Å². The third kappa shape index (κ3) is 0.570. The predicted octanol–water partition coefficient (Wildman–Crippen LogP) is 0.943. The van der Waals surface area contributed by atoms with Crippen molar-refractivity contribution in [2.45, 2.75) is 18.9 Å². The van der Waals surface area contributed by atoms with E-state index in [0.29, 0.717) is 5.92 Å². The molecule has 2 atom stereocenters. The molecule has 0 spiro atoms. The van der Waals surface area contributed by atoms with E-state index in [1.54, 1.807) is 6.08 Å². The second kappa shape index (κ2) is 1.10. The summed E-state index contributed by atoms with van der Waals surface area (Å²) < 4.78 is 0. The van der Waals surface area contributed by atoms with Crippen LogP contribution in [0.4, 0.5) is 0 Å². The third-order valence-electron chi connectivity index (χ3n) is 1.68. The minimum Gasteiger partial charge on any atom is -0.386 e. The molecular formula is C6H10O. The average molecular weight is 98.1 g/mol. The molecule has 1 aliphatic rings. The van der Waals surface area contributed by atoms with Crippen LogP contribution in [0.1, 0.15) is 13.3 Å². The summed E-state index contributed by atoms with van der Waals surface area (Å²) in [6, 6.07) is 0. The van der Waals surface area contributed by atoms with E-state index in [0.717, 1.165) is 6.42 Å². The van der Waals surface area contributed by atoms with E-state index < -0.39 is 5.60 Å². The molecule has 0 aliphatic heterocycles. The Hall–Kier alpha value is -0.300. The van der Waals surface area contributed by atoms with Gasteiger partial charge in [0.05, 0.1) is 5.60 Å². The first-order valence-corrected chi connectivity index (χ1v) is 2.55. The summed E-state index contributed by atoms with van der Waals surface area (Å²) in [6.07, 6.45) is 2.52. The van der Waals surface area contributed by atoms with Crippen LogP contribution >= 0.6 is 0 Å². The Kier molecular flexibility index (Phi) is 0.762. The van der Waals surface area contributed by atoms with Crippen molar-refractivity contribution >= 4 is 0 Å². The van der Waals surface area contributed by atoms with Gasteiger partial charge in [-0.1, -0.05) is 13.0 Å². The molecule has 0 bridgehead atoms. The summed E-state index contributed by atoms with van der Waals surface area (Å²) in [5.74, 6) is 0.449. The molecule has 2 unspecified atom stereocenters. The van der Waals surface area contributed by atoms with Gasteiger partial charge < -0.3 is 5.11 Å². The van der Waals surface area contributed by atoms with Crippen molar-refractivity contribution in [1.29, 1.82) is 0 Å². The second-order valence-corrected chi connectivity index (χ2v) is 2.30. The normalized spacial score (nSPS) is 48.6. The van der Waals surface area contributed by atoms with E-state index in [1.807, 2.05) is 6.92 Å². The van der Waals surface area contributed by atoms with Crippen LogP contribution in [-0.4, -0.2) is 10.7 Å². The molecule has 1 aliphatic carbocycles. The predicted molar refractivity (Wildman–Crippen MR) is 28.9 cm³/mol. The molecule has 0 amide bonds. The van der Waals surface area contributed by atoms with Crippen LogP contribution in [-0.2, 0) is 0 Å². The molecular weight excluding hydrogens is 88.1 g/mol. The Balaban J connectivity index is 2.51. The molecule has 40 valence electrons. The van der Waals surface area contributed by atoms with E-state index in [1.165, 1.54) is 0 Å². The van der Waals surface area contributed by atoms with Crippen LogP contribution in [0.2, 0.25) is 0 Å². The van der Waals surface area contributed by atoms with Gasteiger partial charge in [-0.2, -0.15) is 0 Å². The molecule has 0 aromatic heterocycles. The van der Waals surface area contributed by atoms with Crippen LogP contribution < -0.4 is 0 Å². The van der Waals surface area contributed by atoms with Crippen molar-refractivity contribution in [3.05, 3.63) is 12.7 Å². The lowest BCUT2D eigenvalue weighted by Crippen LogP contribution is -2.02. The van der Waals surface area contributed by atoms with Gasteiger partial charge in [0.25, 0.3) is 0 Å². The fourth-order valence-electron chi connectivity index (χ4n) is 0.716. The number of aliphatic hydroxyl groups is 1. The SMILES string of the molecule is C=CC1(O)CC1C. The first kappa shape index (κ1) is 4.85. The average Bonchev–Trinajstić information content (AvgIpc) is 2.18. The molecule has 1 fully saturated rings. The number of hydrogen-bond acceptors (Lipinski definition) is 1. The van der Waals surface area contributed by atoms with E-state index in [4.69, 9.17) is 5.11 Å². The minimum atomic E-state index is -0.486. The summed E-state index contributed by atoms with van der Waals surface area (Å²) >= 11 is 0. The van der Waals surface area contributed by atoms with Crippen molar-refractivity contribution in [1.82, 2.24) is 0 Å². The highest BCUT2D eigenvalue weighted by molar-refractivity contribution is 5.12. The summed E-state index contributed by atoms with van der Waals surface area (Å²) in [6.45, 7) is 5.51. The maximum Gasteiger partial charge on any atom is 0.0855 e. The zero-order chi connectivity index (χ0) is 5.49. The van der Waals surface area contributed by atoms with Gasteiger partial charge in [0.15, 0.2) is 0 Å². The highest BCUT2D eigenvalue weighted by Gasteiger charge is 2.46. The Morgan fingerprint density at radius 2 is 2.43 bits per heavy atom. The van der Waals surface area contributed by atoms with Crippen molar-refractivity contribution in [3.63, 3.8) is 0 Å². The van der Waals surface area contributed by atoms with Gasteiger partial charge in [-0.15, -0.1) is 6.58 Å². The van der Waals surface area contributed by atoms with Gasteiger partial charge in [0, 0.05) is 0 Å². The van der Waals surface area contributed by atoms with Gasteiger partial charge in [0.2, 0.25) is 0 Å². The van der Waals surface area contributed by atoms with Gasteiger partial charge >= 0.3 is 0 Å². The number of rotatable bonds is 1. The summed E-state index contributed by atoms with van der Waals surface area (Å²) in [7, 11) is 0. The van der Waals surface area contributed by atoms with Crippen LogP contribution in [0.25, 0.3) is 0 Å². The summed E-state index contributed by atoms with van der Waals surface area (Å²) in [5, 5.41) is 9.09. The Labute approximate surface area is 43.7 Å². The minimum absolute atomic E-state index is 0.449. The van der Waals surface area contributed by atoms with Crippen molar-refractivity contribution in [2.75, 3.05) is 0 Å². The maximum atomic E-state index is 9.09. The molecule has 0 aromatic rings. The Morgan fingerprint density at radius 1 is 2.00 bits per heavy atom. The van der Waals surface area contributed by atoms with Gasteiger partial charge in [-0.3, -0.25) is 0 Å². The Bertz CT molecular complexity index is 98.4. The maximum absolute atomic E-state index is 9.09. The molecule has 0 heterocycles. The third-order valence-corrected chi connectivity index (χ3v) is 1.68. The van der Waals surface area contributed by atoms with E-state index in [9.17, 15) is 0 Å². The zero-order valence-electron chi connectivity index (χ0n) is 4.52. The summed E-state index contributed by atoms with van der Waals surface area (Å²) in [4.78, 5) is 0. The first-order valence-electron chi connectivity index (χ1n) is 2.55. The van der Waals surface area contributed by atoms with Crippen molar-refractivity contribution < 1.29 is 5.11 Å². The molecule has 0 aromatic carbocycles. The largest absolute Gasteiger partial charge is 0.386 e. The topological polar surface area (TPSA) is 20.2 Å². The van der Waals surface area contributed by atoms with E-state index in [2.05, 4.69) is 6.58 Å². The molecule has 1 heteroatoms. The van der Waals surface area contributed by atoms with E-state index in [-0.39, 0.29) is 0 Å². The Morgan fingerprint density at radius 3 is 2.43 bits per heavy atom. The van der Waals surface area contributed by atoms with Crippen LogP contribution in [0.5, 0.6) is 0 Å². The van der Waals surface area contributed by atoms with Crippen LogP contribution in [0.3, 0.4) is 0 Å². The molecule has 0 saturated heterocycles.